The molecule has 22 heavy (non-hydrogen) atoms. The van der Waals surface area contributed by atoms with Crippen LogP contribution in [0, 0.1) is 5.92 Å². The average molecular weight is 392 g/mol. The zero-order chi connectivity index (χ0) is 14.8. The van der Waals surface area contributed by atoms with E-state index in [0.717, 1.165) is 49.8 Å². The highest BCUT2D eigenvalue weighted by Crippen LogP contribution is 2.26. The smallest absolute Gasteiger partial charge is 0.225 e. The number of carbonyl (C=O) groups excluding carboxylic acids is 1. The van der Waals surface area contributed by atoms with Crippen molar-refractivity contribution in [2.45, 2.75) is 44.7 Å². The quantitative estimate of drug-likeness (QED) is 0.843. The molecular formula is C15H24BrClN4O. The molecule has 124 valence electrons. The van der Waals surface area contributed by atoms with Crippen molar-refractivity contribution < 1.29 is 4.79 Å². The molecule has 0 unspecified atom stereocenters. The number of halogens is 2. The van der Waals surface area contributed by atoms with Crippen molar-refractivity contribution in [2.75, 3.05) is 19.6 Å². The van der Waals surface area contributed by atoms with Gasteiger partial charge in [-0.25, -0.2) is 0 Å². The Morgan fingerprint density at radius 2 is 2.09 bits per heavy atom. The number of piperidine rings is 2. The summed E-state index contributed by atoms with van der Waals surface area (Å²) < 4.78 is 3.04. The third-order valence-electron chi connectivity index (χ3n) is 4.69. The largest absolute Gasteiger partial charge is 0.342 e. The van der Waals surface area contributed by atoms with Gasteiger partial charge in [0.1, 0.15) is 0 Å². The molecular weight excluding hydrogens is 368 g/mol. The Morgan fingerprint density at radius 3 is 2.68 bits per heavy atom. The summed E-state index contributed by atoms with van der Waals surface area (Å²) in [5.41, 5.74) is 0. The number of carbonyl (C=O) groups is 1. The van der Waals surface area contributed by atoms with Gasteiger partial charge in [0.05, 0.1) is 16.7 Å². The number of amides is 1. The molecule has 1 aromatic rings. The number of nitrogens with one attached hydrogen (secondary N) is 1. The summed E-state index contributed by atoms with van der Waals surface area (Å²) in [4.78, 5) is 14.7. The van der Waals surface area contributed by atoms with Crippen LogP contribution in [0.3, 0.4) is 0 Å². The summed E-state index contributed by atoms with van der Waals surface area (Å²) in [7, 11) is 0. The second-order valence-corrected chi connectivity index (χ2v) is 7.19. The molecule has 5 nitrogen and oxygen atoms in total. The van der Waals surface area contributed by atoms with Gasteiger partial charge in [-0.1, -0.05) is 0 Å². The van der Waals surface area contributed by atoms with Gasteiger partial charge in [-0.2, -0.15) is 5.10 Å². The first-order valence-corrected chi connectivity index (χ1v) is 8.64. The van der Waals surface area contributed by atoms with Gasteiger partial charge in [-0.15, -0.1) is 12.4 Å². The van der Waals surface area contributed by atoms with E-state index in [1.807, 2.05) is 17.1 Å². The fraction of sp³-hybridized carbons (Fsp3) is 0.733. The lowest BCUT2D eigenvalue weighted by molar-refractivity contribution is -0.138. The minimum atomic E-state index is 0. The highest BCUT2D eigenvalue weighted by molar-refractivity contribution is 9.10. The second kappa shape index (κ2) is 7.79. The molecule has 1 amide bonds. The molecule has 2 atom stereocenters. The van der Waals surface area contributed by atoms with Crippen LogP contribution in [0.1, 0.15) is 38.6 Å². The molecule has 3 rings (SSSR count). The van der Waals surface area contributed by atoms with Crippen LogP contribution >= 0.6 is 28.3 Å². The summed E-state index contributed by atoms with van der Waals surface area (Å²) in [6.45, 7) is 4.86. The highest BCUT2D eigenvalue weighted by atomic mass is 79.9. The molecule has 7 heteroatoms. The minimum absolute atomic E-state index is 0. The Labute approximate surface area is 146 Å². The number of hydrogen-bond acceptors (Lipinski definition) is 3. The normalized spacial score (nSPS) is 26.5. The van der Waals surface area contributed by atoms with Crippen molar-refractivity contribution in [1.82, 2.24) is 20.0 Å². The fourth-order valence-corrected chi connectivity index (χ4v) is 3.78. The van der Waals surface area contributed by atoms with Gasteiger partial charge in [-0.05, 0) is 55.1 Å². The van der Waals surface area contributed by atoms with E-state index in [0.29, 0.717) is 18.0 Å². The molecule has 2 saturated heterocycles. The lowest BCUT2D eigenvalue weighted by Crippen LogP contribution is -2.46. The van der Waals surface area contributed by atoms with Crippen molar-refractivity contribution in [3.8, 4) is 0 Å². The van der Waals surface area contributed by atoms with Gasteiger partial charge < -0.3 is 10.2 Å². The maximum absolute atomic E-state index is 12.6. The predicted molar refractivity (Wildman–Crippen MR) is 92.2 cm³/mol. The molecule has 1 N–H and O–H groups in total. The van der Waals surface area contributed by atoms with E-state index in [1.54, 1.807) is 0 Å². The zero-order valence-corrected chi connectivity index (χ0v) is 15.3. The monoisotopic (exact) mass is 390 g/mol. The third kappa shape index (κ3) is 4.03. The molecule has 3 heterocycles. The summed E-state index contributed by atoms with van der Waals surface area (Å²) in [6.07, 6.45) is 7.81. The topological polar surface area (TPSA) is 50.2 Å². The van der Waals surface area contributed by atoms with E-state index in [1.165, 1.54) is 0 Å². The van der Waals surface area contributed by atoms with Crippen LogP contribution in [0.4, 0.5) is 0 Å². The first-order chi connectivity index (χ1) is 10.1. The Bertz CT molecular complexity index is 501. The van der Waals surface area contributed by atoms with Crippen LogP contribution in [-0.4, -0.2) is 46.3 Å². The van der Waals surface area contributed by atoms with E-state index in [9.17, 15) is 4.79 Å². The van der Waals surface area contributed by atoms with E-state index in [4.69, 9.17) is 0 Å². The van der Waals surface area contributed by atoms with Gasteiger partial charge in [0.15, 0.2) is 0 Å². The molecule has 0 bridgehead atoms. The third-order valence-corrected chi connectivity index (χ3v) is 5.10. The molecule has 0 aromatic carbocycles. The van der Waals surface area contributed by atoms with Crippen LogP contribution in [0.5, 0.6) is 0 Å². The van der Waals surface area contributed by atoms with Crippen LogP contribution in [0.15, 0.2) is 16.9 Å². The number of aromatic nitrogens is 2. The average Bonchev–Trinajstić information content (AvgIpc) is 2.93. The maximum Gasteiger partial charge on any atom is 0.225 e. The van der Waals surface area contributed by atoms with E-state index >= 15 is 0 Å². The Balaban J connectivity index is 0.00000176. The molecule has 0 radical (unpaired) electrons. The van der Waals surface area contributed by atoms with E-state index in [2.05, 4.69) is 38.2 Å². The summed E-state index contributed by atoms with van der Waals surface area (Å²) in [5.74, 6) is 0.583. The number of rotatable bonds is 2. The van der Waals surface area contributed by atoms with Crippen molar-refractivity contribution in [2.24, 2.45) is 5.92 Å². The van der Waals surface area contributed by atoms with Gasteiger partial charge in [0.25, 0.3) is 0 Å². The minimum Gasteiger partial charge on any atom is -0.342 e. The van der Waals surface area contributed by atoms with Crippen LogP contribution in [0.2, 0.25) is 0 Å². The van der Waals surface area contributed by atoms with Gasteiger partial charge >= 0.3 is 0 Å². The first kappa shape index (κ1) is 17.8. The summed E-state index contributed by atoms with van der Waals surface area (Å²) in [5, 5.41) is 7.78. The lowest BCUT2D eigenvalue weighted by atomic mass is 9.91. The van der Waals surface area contributed by atoms with Gasteiger partial charge in [0, 0.05) is 31.2 Å². The standard InChI is InChI=1S/C15H23BrN4O.ClH/c1-11-8-12(2-5-17-11)15(21)19-6-3-14(4-7-19)20-10-13(16)9-18-20;/h9-12,14,17H,2-8H2,1H3;1H/t11-,12-;/m0./s1. The Hall–Kier alpha value is -0.590. The van der Waals surface area contributed by atoms with Crippen molar-refractivity contribution >= 4 is 34.2 Å². The van der Waals surface area contributed by atoms with E-state index in [-0.39, 0.29) is 18.3 Å². The molecule has 0 aliphatic carbocycles. The molecule has 2 fully saturated rings. The van der Waals surface area contributed by atoms with E-state index < -0.39 is 0 Å². The number of hydrogen-bond donors (Lipinski definition) is 1. The van der Waals surface area contributed by atoms with Gasteiger partial charge in [0.2, 0.25) is 5.91 Å². The predicted octanol–water partition coefficient (Wildman–Crippen LogP) is 2.62. The fourth-order valence-electron chi connectivity index (χ4n) is 3.48. The van der Waals surface area contributed by atoms with Crippen LogP contribution in [0.25, 0.3) is 0 Å². The van der Waals surface area contributed by atoms with Crippen molar-refractivity contribution in [1.29, 1.82) is 0 Å². The maximum atomic E-state index is 12.6. The zero-order valence-electron chi connectivity index (χ0n) is 12.9. The summed E-state index contributed by atoms with van der Waals surface area (Å²) in [6, 6.07) is 0.888. The Morgan fingerprint density at radius 1 is 1.36 bits per heavy atom. The molecule has 0 spiro atoms. The van der Waals surface area contributed by atoms with Crippen LogP contribution in [-0.2, 0) is 4.79 Å². The first-order valence-electron chi connectivity index (χ1n) is 7.85. The molecule has 0 saturated carbocycles. The Kier molecular flexibility index (Phi) is 6.29. The molecule has 2 aliphatic heterocycles. The molecule has 1 aromatic heterocycles. The second-order valence-electron chi connectivity index (χ2n) is 6.27. The van der Waals surface area contributed by atoms with Crippen molar-refractivity contribution in [3.05, 3.63) is 16.9 Å². The van der Waals surface area contributed by atoms with Gasteiger partial charge in [-0.3, -0.25) is 9.48 Å². The molecule has 2 aliphatic rings. The lowest BCUT2D eigenvalue weighted by Gasteiger charge is -2.36. The van der Waals surface area contributed by atoms with Crippen LogP contribution < -0.4 is 5.32 Å². The van der Waals surface area contributed by atoms with Crippen molar-refractivity contribution in [3.63, 3.8) is 0 Å². The SMILES string of the molecule is C[C@H]1C[C@@H](C(=O)N2CCC(n3cc(Br)cn3)CC2)CCN1.Cl. The number of nitrogens with zero attached hydrogens (tertiary/aromatic N) is 3. The number of likely N-dealkylation sites (tertiary alicyclic amines) is 1. The summed E-state index contributed by atoms with van der Waals surface area (Å²) >= 11 is 3.44. The highest BCUT2D eigenvalue weighted by Gasteiger charge is 2.31.